The van der Waals surface area contributed by atoms with Gasteiger partial charge in [0.15, 0.2) is 0 Å². The number of nitriles is 1. The molecule has 1 aromatic carbocycles. The summed E-state index contributed by atoms with van der Waals surface area (Å²) in [6.45, 7) is 2.96. The Morgan fingerprint density at radius 1 is 1.37 bits per heavy atom. The van der Waals surface area contributed by atoms with E-state index in [0.29, 0.717) is 23.3 Å². The molecule has 0 aliphatic carbocycles. The average Bonchev–Trinajstić information content (AvgIpc) is 3.07. The third kappa shape index (κ3) is 4.49. The zero-order chi connectivity index (χ0) is 19.4. The van der Waals surface area contributed by atoms with Crippen LogP contribution in [0.5, 0.6) is 5.75 Å². The number of likely N-dealkylation sites (tertiary alicyclic amines) is 1. The lowest BCUT2D eigenvalue weighted by atomic mass is 9.85. The molecular formula is C21H29N5O. The fourth-order valence-corrected chi connectivity index (χ4v) is 4.29. The molecule has 0 bridgehead atoms. The van der Waals surface area contributed by atoms with Crippen LogP contribution >= 0.6 is 0 Å². The van der Waals surface area contributed by atoms with Gasteiger partial charge in [-0.05, 0) is 57.1 Å². The van der Waals surface area contributed by atoms with E-state index in [4.69, 9.17) is 4.74 Å². The van der Waals surface area contributed by atoms with E-state index < -0.39 is 0 Å². The zero-order valence-electron chi connectivity index (χ0n) is 16.7. The van der Waals surface area contributed by atoms with Crippen LogP contribution in [0, 0.1) is 17.2 Å². The van der Waals surface area contributed by atoms with Crippen molar-refractivity contribution in [3.8, 4) is 11.8 Å². The van der Waals surface area contributed by atoms with Crippen molar-refractivity contribution in [2.75, 3.05) is 34.3 Å². The maximum atomic E-state index is 9.30. The molecule has 6 heteroatoms. The van der Waals surface area contributed by atoms with Gasteiger partial charge in [0.1, 0.15) is 11.8 Å². The average molecular weight is 367 g/mol. The van der Waals surface area contributed by atoms with Gasteiger partial charge in [-0.1, -0.05) is 6.07 Å². The number of ether oxygens (including phenoxy) is 1. The lowest BCUT2D eigenvalue weighted by Crippen LogP contribution is -2.40. The third-order valence-electron chi connectivity index (χ3n) is 5.46. The minimum Gasteiger partial charge on any atom is -0.495 e. The summed E-state index contributed by atoms with van der Waals surface area (Å²) >= 11 is 0. The second kappa shape index (κ2) is 8.55. The number of hydrogen-bond donors (Lipinski definition) is 0. The molecule has 2 aromatic rings. The van der Waals surface area contributed by atoms with Crippen LogP contribution in [0.3, 0.4) is 0 Å². The Balaban J connectivity index is 1.70. The van der Waals surface area contributed by atoms with Crippen molar-refractivity contribution < 1.29 is 4.74 Å². The molecule has 0 amide bonds. The number of nitrogens with zero attached hydrogens (tertiary/aromatic N) is 5. The Kier molecular flexibility index (Phi) is 6.15. The first-order valence-corrected chi connectivity index (χ1v) is 9.46. The van der Waals surface area contributed by atoms with E-state index in [1.165, 1.54) is 18.4 Å². The molecule has 1 aromatic heterocycles. The smallest absolute Gasteiger partial charge is 0.136 e. The first-order valence-electron chi connectivity index (χ1n) is 9.46. The molecule has 0 unspecified atom stereocenters. The van der Waals surface area contributed by atoms with Gasteiger partial charge < -0.3 is 9.64 Å². The summed E-state index contributed by atoms with van der Waals surface area (Å²) in [5, 5.41) is 13.7. The Labute approximate surface area is 161 Å². The first kappa shape index (κ1) is 19.4. The molecule has 0 spiro atoms. The minimum atomic E-state index is 0.403. The van der Waals surface area contributed by atoms with Crippen LogP contribution in [0.2, 0.25) is 0 Å². The van der Waals surface area contributed by atoms with Gasteiger partial charge in [-0.25, -0.2) is 0 Å². The first-order chi connectivity index (χ1) is 13.0. The van der Waals surface area contributed by atoms with Crippen LogP contribution in [0.4, 0.5) is 0 Å². The number of hydrogen-bond acceptors (Lipinski definition) is 5. The van der Waals surface area contributed by atoms with Gasteiger partial charge in [-0.2, -0.15) is 10.4 Å². The van der Waals surface area contributed by atoms with E-state index >= 15 is 0 Å². The minimum absolute atomic E-state index is 0.403. The molecule has 1 aliphatic heterocycles. The lowest BCUT2D eigenvalue weighted by molar-refractivity contribution is 0.0926. The standard InChI is InChI=1S/C21H29N5O/c1-24(13-16-7-8-20(27-4)18(10-16)11-22)14-17-6-5-9-25(2)21(17)19-12-23-26(3)15-19/h7-8,10,12,15,17,21H,5-6,9,13-14H2,1-4H3/t17-,21+/m0/s1. The number of aryl methyl sites for hydroxylation is 1. The summed E-state index contributed by atoms with van der Waals surface area (Å²) in [4.78, 5) is 4.82. The second-order valence-corrected chi connectivity index (χ2v) is 7.62. The van der Waals surface area contributed by atoms with Gasteiger partial charge in [-0.15, -0.1) is 0 Å². The zero-order valence-corrected chi connectivity index (χ0v) is 16.7. The number of aromatic nitrogens is 2. The third-order valence-corrected chi connectivity index (χ3v) is 5.46. The van der Waals surface area contributed by atoms with Gasteiger partial charge >= 0.3 is 0 Å². The fourth-order valence-electron chi connectivity index (χ4n) is 4.29. The number of rotatable bonds is 6. The van der Waals surface area contributed by atoms with Crippen molar-refractivity contribution >= 4 is 0 Å². The Hall–Kier alpha value is -2.36. The maximum Gasteiger partial charge on any atom is 0.136 e. The lowest BCUT2D eigenvalue weighted by Gasteiger charge is -2.40. The molecule has 0 N–H and O–H groups in total. The van der Waals surface area contributed by atoms with E-state index in [-0.39, 0.29) is 0 Å². The van der Waals surface area contributed by atoms with Gasteiger partial charge in [0.2, 0.25) is 0 Å². The molecule has 2 heterocycles. The van der Waals surface area contributed by atoms with Crippen molar-refractivity contribution in [3.05, 3.63) is 47.3 Å². The summed E-state index contributed by atoms with van der Waals surface area (Å²) in [6, 6.07) is 8.48. The number of benzene rings is 1. The van der Waals surface area contributed by atoms with Crippen LogP contribution in [0.15, 0.2) is 30.6 Å². The van der Waals surface area contributed by atoms with Crippen LogP contribution < -0.4 is 4.74 Å². The molecule has 1 aliphatic rings. The maximum absolute atomic E-state index is 9.30. The number of methoxy groups -OCH3 is 1. The molecule has 6 nitrogen and oxygen atoms in total. The highest BCUT2D eigenvalue weighted by Crippen LogP contribution is 2.35. The summed E-state index contributed by atoms with van der Waals surface area (Å²) in [6.07, 6.45) is 6.59. The van der Waals surface area contributed by atoms with Gasteiger partial charge in [-0.3, -0.25) is 9.58 Å². The highest BCUT2D eigenvalue weighted by molar-refractivity contribution is 5.45. The predicted octanol–water partition coefficient (Wildman–Crippen LogP) is 2.82. The van der Waals surface area contributed by atoms with Gasteiger partial charge in [0.25, 0.3) is 0 Å². The molecule has 0 saturated carbocycles. The van der Waals surface area contributed by atoms with Crippen molar-refractivity contribution in [2.24, 2.45) is 13.0 Å². The van der Waals surface area contributed by atoms with Crippen molar-refractivity contribution in [3.63, 3.8) is 0 Å². The summed E-state index contributed by atoms with van der Waals surface area (Å²) in [7, 11) is 7.95. The Morgan fingerprint density at radius 2 is 2.19 bits per heavy atom. The molecule has 2 atom stereocenters. The van der Waals surface area contributed by atoms with Crippen LogP contribution in [0.25, 0.3) is 0 Å². The highest BCUT2D eigenvalue weighted by Gasteiger charge is 2.32. The van der Waals surface area contributed by atoms with Crippen molar-refractivity contribution in [2.45, 2.75) is 25.4 Å². The summed E-state index contributed by atoms with van der Waals surface area (Å²) in [5.74, 6) is 1.20. The Bertz CT molecular complexity index is 809. The highest BCUT2D eigenvalue weighted by atomic mass is 16.5. The SMILES string of the molecule is COc1ccc(CN(C)C[C@@H]2CCCN(C)[C@H]2c2cnn(C)c2)cc1C#N. The fraction of sp³-hybridized carbons (Fsp3) is 0.524. The van der Waals surface area contributed by atoms with E-state index in [2.05, 4.69) is 41.3 Å². The van der Waals surface area contributed by atoms with Gasteiger partial charge in [0, 0.05) is 37.9 Å². The molecule has 0 radical (unpaired) electrons. The van der Waals surface area contributed by atoms with E-state index in [0.717, 1.165) is 25.2 Å². The van der Waals surface area contributed by atoms with Crippen LogP contribution in [0.1, 0.15) is 35.6 Å². The van der Waals surface area contributed by atoms with Crippen LogP contribution in [-0.4, -0.2) is 53.9 Å². The van der Waals surface area contributed by atoms with Gasteiger partial charge in [0.05, 0.1) is 18.9 Å². The van der Waals surface area contributed by atoms with E-state index in [1.807, 2.05) is 36.1 Å². The van der Waals surface area contributed by atoms with Crippen molar-refractivity contribution in [1.82, 2.24) is 19.6 Å². The monoisotopic (exact) mass is 367 g/mol. The molecule has 1 fully saturated rings. The van der Waals surface area contributed by atoms with Crippen molar-refractivity contribution in [1.29, 1.82) is 5.26 Å². The number of piperidine rings is 1. The molecule has 3 rings (SSSR count). The van der Waals surface area contributed by atoms with Crippen LogP contribution in [-0.2, 0) is 13.6 Å². The molecule has 27 heavy (non-hydrogen) atoms. The largest absolute Gasteiger partial charge is 0.495 e. The summed E-state index contributed by atoms with van der Waals surface area (Å²) < 4.78 is 7.13. The molecule has 144 valence electrons. The molecular weight excluding hydrogens is 338 g/mol. The Morgan fingerprint density at radius 3 is 2.85 bits per heavy atom. The summed E-state index contributed by atoms with van der Waals surface area (Å²) in [5.41, 5.74) is 3.03. The molecule has 1 saturated heterocycles. The second-order valence-electron chi connectivity index (χ2n) is 7.62. The quantitative estimate of drug-likeness (QED) is 0.786. The van der Waals surface area contributed by atoms with E-state index in [9.17, 15) is 5.26 Å². The van der Waals surface area contributed by atoms with E-state index in [1.54, 1.807) is 7.11 Å². The predicted molar refractivity (Wildman–Crippen MR) is 105 cm³/mol. The topological polar surface area (TPSA) is 57.3 Å². The normalized spacial score (nSPS) is 20.6.